The van der Waals surface area contributed by atoms with Gasteiger partial charge in [-0.15, -0.1) is 11.8 Å². The topological polar surface area (TPSA) is 59.8 Å². The summed E-state index contributed by atoms with van der Waals surface area (Å²) >= 11 is 1.46. The molecule has 30 heavy (non-hydrogen) atoms. The second-order valence-electron chi connectivity index (χ2n) is 6.80. The minimum Gasteiger partial charge on any atom is -0.348 e. The van der Waals surface area contributed by atoms with E-state index < -0.39 is 0 Å². The Kier molecular flexibility index (Phi) is 6.25. The van der Waals surface area contributed by atoms with Gasteiger partial charge in [-0.25, -0.2) is 4.98 Å². The number of carbonyl (C=O) groups excluding carboxylic acids is 1. The van der Waals surface area contributed by atoms with E-state index in [1.165, 1.54) is 17.3 Å². The van der Waals surface area contributed by atoms with E-state index >= 15 is 0 Å². The molecule has 0 aliphatic carbocycles. The van der Waals surface area contributed by atoms with Crippen LogP contribution in [0.1, 0.15) is 21.5 Å². The Morgan fingerprint density at radius 1 is 1.00 bits per heavy atom. The quantitative estimate of drug-likeness (QED) is 0.448. The van der Waals surface area contributed by atoms with Crippen LogP contribution < -0.4 is 5.32 Å². The van der Waals surface area contributed by atoms with Gasteiger partial charge in [-0.1, -0.05) is 60.7 Å². The lowest BCUT2D eigenvalue weighted by Crippen LogP contribution is -2.23. The summed E-state index contributed by atoms with van der Waals surface area (Å²) in [5.74, 6) is -0.137. The second kappa shape index (κ2) is 9.41. The van der Waals surface area contributed by atoms with E-state index in [1.807, 2.05) is 65.7 Å². The van der Waals surface area contributed by atoms with Crippen LogP contribution in [0.15, 0.2) is 90.2 Å². The van der Waals surface area contributed by atoms with Crippen molar-refractivity contribution < 1.29 is 4.79 Å². The van der Waals surface area contributed by atoms with Crippen molar-refractivity contribution in [3.63, 3.8) is 0 Å². The molecular formula is C24H22N4OS. The third-order valence-corrected chi connectivity index (χ3v) is 5.43. The van der Waals surface area contributed by atoms with Crippen LogP contribution >= 0.6 is 11.8 Å². The van der Waals surface area contributed by atoms with Gasteiger partial charge in [0.15, 0.2) is 0 Å². The first kappa shape index (κ1) is 19.9. The van der Waals surface area contributed by atoms with E-state index in [-0.39, 0.29) is 5.91 Å². The molecule has 0 saturated heterocycles. The lowest BCUT2D eigenvalue weighted by Gasteiger charge is -2.08. The molecule has 4 rings (SSSR count). The van der Waals surface area contributed by atoms with Crippen LogP contribution in [0.3, 0.4) is 0 Å². The number of aromatic nitrogens is 3. The molecule has 0 unspecified atom stereocenters. The first-order chi connectivity index (χ1) is 14.7. The highest BCUT2D eigenvalue weighted by Gasteiger charge is 2.15. The van der Waals surface area contributed by atoms with Crippen molar-refractivity contribution in [3.05, 3.63) is 102 Å². The zero-order valence-electron chi connectivity index (χ0n) is 16.7. The fourth-order valence-electron chi connectivity index (χ4n) is 3.28. The van der Waals surface area contributed by atoms with Crippen molar-refractivity contribution >= 4 is 17.7 Å². The van der Waals surface area contributed by atoms with Crippen LogP contribution in [0.25, 0.3) is 11.3 Å². The standard InChI is InChI=1S/C24H22N4OS/c1-30-24-21(13-8-14-25-24)23(29)26-15-20-17-28(16-18-9-4-2-5-10-18)27-22(20)19-11-6-3-7-12-19/h2-14,17H,15-16H2,1H3,(H,26,29). The summed E-state index contributed by atoms with van der Waals surface area (Å²) in [6.07, 6.45) is 5.62. The predicted molar refractivity (Wildman–Crippen MR) is 120 cm³/mol. The minimum absolute atomic E-state index is 0.137. The third kappa shape index (κ3) is 4.60. The maximum absolute atomic E-state index is 12.8. The van der Waals surface area contributed by atoms with E-state index in [9.17, 15) is 4.79 Å². The van der Waals surface area contributed by atoms with Crippen molar-refractivity contribution in [2.75, 3.05) is 6.26 Å². The lowest BCUT2D eigenvalue weighted by atomic mass is 10.1. The summed E-state index contributed by atoms with van der Waals surface area (Å²) in [4.78, 5) is 17.0. The van der Waals surface area contributed by atoms with Gasteiger partial charge in [0.1, 0.15) is 5.03 Å². The molecule has 0 aliphatic heterocycles. The van der Waals surface area contributed by atoms with Crippen molar-refractivity contribution in [2.45, 2.75) is 18.1 Å². The highest BCUT2D eigenvalue weighted by Crippen LogP contribution is 2.23. The van der Waals surface area contributed by atoms with Gasteiger partial charge in [0, 0.05) is 30.1 Å². The average Bonchev–Trinajstić information content (AvgIpc) is 3.21. The Hall–Kier alpha value is -3.38. The van der Waals surface area contributed by atoms with Crippen molar-refractivity contribution in [2.24, 2.45) is 0 Å². The van der Waals surface area contributed by atoms with Crippen LogP contribution in [-0.4, -0.2) is 26.9 Å². The molecule has 4 aromatic rings. The fraction of sp³-hybridized carbons (Fsp3) is 0.125. The second-order valence-corrected chi connectivity index (χ2v) is 7.59. The number of hydrogen-bond donors (Lipinski definition) is 1. The maximum Gasteiger partial charge on any atom is 0.254 e. The number of pyridine rings is 1. The fourth-order valence-corrected chi connectivity index (χ4v) is 3.83. The Bertz CT molecular complexity index is 1130. The molecule has 0 aliphatic rings. The van der Waals surface area contributed by atoms with Crippen LogP contribution in [0, 0.1) is 0 Å². The van der Waals surface area contributed by atoms with Gasteiger partial charge in [0.05, 0.1) is 17.8 Å². The van der Waals surface area contributed by atoms with Crippen LogP contribution in [0.2, 0.25) is 0 Å². The SMILES string of the molecule is CSc1ncccc1C(=O)NCc1cn(Cc2ccccc2)nc1-c1ccccc1. The largest absolute Gasteiger partial charge is 0.348 e. The summed E-state index contributed by atoms with van der Waals surface area (Å²) in [5, 5.41) is 8.56. The number of nitrogens with zero attached hydrogens (tertiary/aromatic N) is 3. The van der Waals surface area contributed by atoms with Crippen LogP contribution in [0.5, 0.6) is 0 Å². The molecule has 0 fully saturated rings. The van der Waals surface area contributed by atoms with E-state index in [0.29, 0.717) is 18.7 Å². The van der Waals surface area contributed by atoms with Gasteiger partial charge < -0.3 is 5.32 Å². The molecule has 2 aromatic heterocycles. The maximum atomic E-state index is 12.8. The summed E-state index contributed by atoms with van der Waals surface area (Å²) in [5.41, 5.74) is 4.64. The first-order valence-corrected chi connectivity index (χ1v) is 10.9. The number of nitrogens with one attached hydrogen (secondary N) is 1. The zero-order chi connectivity index (χ0) is 20.8. The van der Waals surface area contributed by atoms with Crippen molar-refractivity contribution in [1.29, 1.82) is 0 Å². The molecule has 0 saturated carbocycles. The van der Waals surface area contributed by atoms with Crippen LogP contribution in [-0.2, 0) is 13.1 Å². The number of hydrogen-bond acceptors (Lipinski definition) is 4. The molecule has 1 N–H and O–H groups in total. The number of thioether (sulfide) groups is 1. The summed E-state index contributed by atoms with van der Waals surface area (Å²) in [6.45, 7) is 1.06. The molecule has 1 amide bonds. The number of benzene rings is 2. The molecule has 0 radical (unpaired) electrons. The Morgan fingerprint density at radius 3 is 2.47 bits per heavy atom. The number of carbonyl (C=O) groups is 1. The number of amides is 1. The normalized spacial score (nSPS) is 10.7. The summed E-state index contributed by atoms with van der Waals surface area (Å²) in [6, 6.07) is 23.8. The van der Waals surface area contributed by atoms with Gasteiger partial charge in [0.25, 0.3) is 5.91 Å². The molecule has 0 bridgehead atoms. The summed E-state index contributed by atoms with van der Waals surface area (Å²) in [7, 11) is 0. The van der Waals surface area contributed by atoms with E-state index in [0.717, 1.165) is 21.8 Å². The van der Waals surface area contributed by atoms with Gasteiger partial charge in [0.2, 0.25) is 0 Å². The van der Waals surface area contributed by atoms with E-state index in [2.05, 4.69) is 22.4 Å². The molecule has 5 nitrogen and oxygen atoms in total. The van der Waals surface area contributed by atoms with Crippen molar-refractivity contribution in [1.82, 2.24) is 20.1 Å². The Labute approximate surface area is 180 Å². The van der Waals surface area contributed by atoms with Gasteiger partial charge >= 0.3 is 0 Å². The molecule has 2 aromatic carbocycles. The third-order valence-electron chi connectivity index (χ3n) is 4.72. The van der Waals surface area contributed by atoms with Crippen LogP contribution in [0.4, 0.5) is 0 Å². The smallest absolute Gasteiger partial charge is 0.254 e. The lowest BCUT2D eigenvalue weighted by molar-refractivity contribution is 0.0947. The molecule has 0 spiro atoms. The van der Waals surface area contributed by atoms with Gasteiger partial charge in [-0.2, -0.15) is 5.10 Å². The van der Waals surface area contributed by atoms with Gasteiger partial charge in [-0.3, -0.25) is 9.48 Å². The van der Waals surface area contributed by atoms with Crippen molar-refractivity contribution in [3.8, 4) is 11.3 Å². The van der Waals surface area contributed by atoms with Gasteiger partial charge in [-0.05, 0) is 24.0 Å². The Morgan fingerprint density at radius 2 is 1.73 bits per heavy atom. The highest BCUT2D eigenvalue weighted by molar-refractivity contribution is 7.98. The number of rotatable bonds is 7. The zero-order valence-corrected chi connectivity index (χ0v) is 17.5. The monoisotopic (exact) mass is 414 g/mol. The molecule has 6 heteroatoms. The summed E-state index contributed by atoms with van der Waals surface area (Å²) < 4.78 is 1.93. The highest BCUT2D eigenvalue weighted by atomic mass is 32.2. The predicted octanol–water partition coefficient (Wildman–Crippen LogP) is 4.65. The average molecular weight is 415 g/mol. The molecule has 0 atom stereocenters. The Balaban J connectivity index is 1.58. The molecule has 150 valence electrons. The van der Waals surface area contributed by atoms with E-state index in [1.54, 1.807) is 18.3 Å². The first-order valence-electron chi connectivity index (χ1n) is 9.67. The molecular weight excluding hydrogens is 392 g/mol. The minimum atomic E-state index is -0.137. The molecule has 2 heterocycles. The van der Waals surface area contributed by atoms with E-state index in [4.69, 9.17) is 5.10 Å².